The Morgan fingerprint density at radius 1 is 1.17 bits per heavy atom. The molecule has 0 amide bonds. The number of halogens is 2. The summed E-state index contributed by atoms with van der Waals surface area (Å²) in [7, 11) is 1.87. The van der Waals surface area contributed by atoms with Gasteiger partial charge in [0.25, 0.3) is 11.9 Å². The van der Waals surface area contributed by atoms with E-state index in [-0.39, 0.29) is 22.7 Å². The van der Waals surface area contributed by atoms with Crippen molar-refractivity contribution in [2.75, 3.05) is 7.11 Å². The number of methoxy groups -OCH3 is 1. The van der Waals surface area contributed by atoms with Crippen LogP contribution in [-0.4, -0.2) is 42.4 Å². The number of benzene rings is 1. The average molecular weight is 424 g/mol. The highest BCUT2D eigenvalue weighted by molar-refractivity contribution is 6.25. The molecule has 1 radical (unpaired) electrons. The summed E-state index contributed by atoms with van der Waals surface area (Å²) >= 11 is 0. The van der Waals surface area contributed by atoms with Crippen LogP contribution in [0.4, 0.5) is 8.78 Å². The Labute approximate surface area is 169 Å². The first kappa shape index (κ1) is 22.8. The fraction of sp³-hybridized carbons (Fsp3) is 0.333. The van der Waals surface area contributed by atoms with E-state index in [0.29, 0.717) is 7.69 Å². The number of carboxylic acid groups (broad SMARTS) is 1. The van der Waals surface area contributed by atoms with Gasteiger partial charge in [-0.05, 0) is 18.9 Å². The summed E-state index contributed by atoms with van der Waals surface area (Å²) in [4.78, 5) is 43.3. The third-order valence-corrected chi connectivity index (χ3v) is 3.97. The number of rotatable bonds is 5. The Morgan fingerprint density at radius 3 is 2.17 bits per heavy atom. The molecule has 159 valence electrons. The smallest absolute Gasteiger partial charge is 0.500 e. The van der Waals surface area contributed by atoms with Crippen molar-refractivity contribution in [3.05, 3.63) is 39.7 Å². The van der Waals surface area contributed by atoms with E-state index in [2.05, 4.69) is 9.31 Å². The number of nitrogens with zero attached hydrogens (tertiary/aromatic N) is 1. The summed E-state index contributed by atoms with van der Waals surface area (Å²) in [6.07, 6.45) is 2.73. The molecular weight excluding hydrogens is 407 g/mol. The second-order valence-corrected chi connectivity index (χ2v) is 6.23. The lowest BCUT2D eigenvalue weighted by molar-refractivity contribution is -0.136. The maximum absolute atomic E-state index is 13.9. The maximum atomic E-state index is 13.9. The minimum atomic E-state index is -1.40. The first-order chi connectivity index (χ1) is 14.1. The van der Waals surface area contributed by atoms with Gasteiger partial charge in [-0.1, -0.05) is 0 Å². The largest absolute Gasteiger partial charge is 0.662 e. The van der Waals surface area contributed by atoms with E-state index in [9.17, 15) is 28.0 Å². The van der Waals surface area contributed by atoms with Gasteiger partial charge in [-0.2, -0.15) is 4.39 Å². The van der Waals surface area contributed by atoms with Gasteiger partial charge in [-0.15, -0.1) is 0 Å². The molecule has 0 saturated heterocycles. The topological polar surface area (TPSA) is 121 Å². The molecule has 30 heavy (non-hydrogen) atoms. The summed E-state index contributed by atoms with van der Waals surface area (Å²) in [5.74, 6) is -5.26. The zero-order valence-electron chi connectivity index (χ0n) is 16.2. The van der Waals surface area contributed by atoms with Crippen molar-refractivity contribution < 1.29 is 42.3 Å². The summed E-state index contributed by atoms with van der Waals surface area (Å²) in [5, 5.41) is 8.89. The molecule has 1 N–H and O–H groups in total. The highest BCUT2D eigenvalue weighted by atomic mass is 19.2. The molecular formula is C18H17BF2NO8. The first-order valence-electron chi connectivity index (χ1n) is 8.58. The molecule has 0 aliphatic heterocycles. The van der Waals surface area contributed by atoms with Crippen molar-refractivity contribution in [2.24, 2.45) is 0 Å². The number of aromatic carboxylic acids is 1. The van der Waals surface area contributed by atoms with Crippen LogP contribution < -0.4 is 10.2 Å². The Hall–Kier alpha value is -3.44. The minimum Gasteiger partial charge on any atom is -0.500 e. The van der Waals surface area contributed by atoms with Crippen LogP contribution in [0.3, 0.4) is 0 Å². The molecule has 1 aliphatic carbocycles. The van der Waals surface area contributed by atoms with Crippen LogP contribution in [0.5, 0.6) is 5.75 Å². The van der Waals surface area contributed by atoms with E-state index in [4.69, 9.17) is 9.84 Å². The van der Waals surface area contributed by atoms with Gasteiger partial charge in [0.1, 0.15) is 5.56 Å². The van der Waals surface area contributed by atoms with Crippen molar-refractivity contribution in [3.63, 3.8) is 0 Å². The van der Waals surface area contributed by atoms with Gasteiger partial charge in [0.05, 0.1) is 18.0 Å². The molecule has 0 spiro atoms. The predicted octanol–water partition coefficient (Wildman–Crippen LogP) is 1.97. The van der Waals surface area contributed by atoms with Gasteiger partial charge < -0.3 is 23.7 Å². The summed E-state index contributed by atoms with van der Waals surface area (Å²) in [6.45, 7) is 2.42. The minimum absolute atomic E-state index is 0.0371. The number of pyridine rings is 1. The zero-order chi connectivity index (χ0) is 22.6. The molecule has 12 heteroatoms. The van der Waals surface area contributed by atoms with Crippen molar-refractivity contribution >= 4 is 36.5 Å². The first-order valence-corrected chi connectivity index (χ1v) is 8.58. The lowest BCUT2D eigenvalue weighted by atomic mass is 10.1. The number of hydrogen-bond donors (Lipinski definition) is 1. The predicted molar refractivity (Wildman–Crippen MR) is 99.2 cm³/mol. The lowest BCUT2D eigenvalue weighted by Gasteiger charge is -2.15. The van der Waals surface area contributed by atoms with Crippen LogP contribution in [-0.2, 0) is 18.9 Å². The third kappa shape index (κ3) is 5.13. The van der Waals surface area contributed by atoms with Crippen LogP contribution in [0.2, 0.25) is 0 Å². The van der Waals surface area contributed by atoms with Gasteiger partial charge in [0, 0.05) is 26.1 Å². The van der Waals surface area contributed by atoms with Gasteiger partial charge in [0.2, 0.25) is 11.2 Å². The van der Waals surface area contributed by atoms with Crippen LogP contribution in [0.15, 0.2) is 17.1 Å². The normalized spacial score (nSPS) is 12.4. The van der Waals surface area contributed by atoms with Crippen molar-refractivity contribution in [1.82, 2.24) is 4.57 Å². The SMILES string of the molecule is CC(=O)O[B]OC(C)=O.COc1c(F)c(F)cc2c(=O)c(C(=O)O)cn(C3CC3)c12. The number of carboxylic acids is 1. The lowest BCUT2D eigenvalue weighted by Crippen LogP contribution is -2.19. The number of fused-ring (bicyclic) bond motifs is 1. The second kappa shape index (κ2) is 9.38. The number of aromatic nitrogens is 1. The number of carbonyl (C=O) groups excluding carboxylic acids is 2. The molecule has 1 heterocycles. The molecule has 2 aromatic rings. The monoisotopic (exact) mass is 424 g/mol. The van der Waals surface area contributed by atoms with Gasteiger partial charge >= 0.3 is 13.7 Å². The zero-order valence-corrected chi connectivity index (χ0v) is 16.2. The molecule has 0 unspecified atom stereocenters. The molecule has 0 atom stereocenters. The molecule has 1 saturated carbocycles. The fourth-order valence-corrected chi connectivity index (χ4v) is 2.57. The molecule has 1 fully saturated rings. The number of hydrogen-bond acceptors (Lipinski definition) is 7. The van der Waals surface area contributed by atoms with E-state index >= 15 is 0 Å². The third-order valence-electron chi connectivity index (χ3n) is 3.97. The Kier molecular flexibility index (Phi) is 7.14. The standard InChI is InChI=1S/C14H11F2NO4.C4H6BO4/c1-21-13-10(16)9(15)4-7-11(13)17(6-2-3-6)5-8(12(7)18)14(19)20;1-3(6)8-5-9-4(2)7/h4-6H,2-3H2,1H3,(H,19,20);1-2H3. The van der Waals surface area contributed by atoms with E-state index < -0.39 is 40.5 Å². The van der Waals surface area contributed by atoms with Crippen LogP contribution in [0.1, 0.15) is 43.1 Å². The van der Waals surface area contributed by atoms with Crippen molar-refractivity contribution in [3.8, 4) is 5.75 Å². The molecule has 1 aliphatic rings. The van der Waals surface area contributed by atoms with E-state index in [1.807, 2.05) is 0 Å². The van der Waals surface area contributed by atoms with E-state index in [1.54, 1.807) is 0 Å². The highest BCUT2D eigenvalue weighted by Crippen LogP contribution is 2.40. The molecule has 0 bridgehead atoms. The van der Waals surface area contributed by atoms with Crippen LogP contribution in [0.25, 0.3) is 10.9 Å². The molecule has 3 rings (SSSR count). The summed E-state index contributed by atoms with van der Waals surface area (Å²) in [5.41, 5.74) is -1.23. The van der Waals surface area contributed by atoms with Crippen LogP contribution in [0, 0.1) is 11.6 Å². The average Bonchev–Trinajstić information content (AvgIpc) is 3.48. The Morgan fingerprint density at radius 2 is 1.73 bits per heavy atom. The molecule has 9 nitrogen and oxygen atoms in total. The molecule has 1 aromatic carbocycles. The molecule has 1 aromatic heterocycles. The van der Waals surface area contributed by atoms with Gasteiger partial charge in [-0.25, -0.2) is 9.18 Å². The summed E-state index contributed by atoms with van der Waals surface area (Å²) < 4.78 is 42.1. The highest BCUT2D eigenvalue weighted by Gasteiger charge is 2.30. The van der Waals surface area contributed by atoms with E-state index in [0.717, 1.165) is 18.9 Å². The maximum Gasteiger partial charge on any atom is 0.662 e. The quantitative estimate of drug-likeness (QED) is 0.724. The van der Waals surface area contributed by atoms with Gasteiger partial charge in [-0.3, -0.25) is 14.4 Å². The van der Waals surface area contributed by atoms with Crippen molar-refractivity contribution in [1.29, 1.82) is 0 Å². The van der Waals surface area contributed by atoms with Crippen molar-refractivity contribution in [2.45, 2.75) is 32.7 Å². The number of carbonyl (C=O) groups is 3. The fourth-order valence-electron chi connectivity index (χ4n) is 2.57. The Bertz CT molecular complexity index is 1050. The van der Waals surface area contributed by atoms with Gasteiger partial charge in [0.15, 0.2) is 11.6 Å². The van der Waals surface area contributed by atoms with E-state index in [1.165, 1.54) is 31.7 Å². The van der Waals surface area contributed by atoms with Crippen LogP contribution >= 0.6 is 0 Å². The summed E-state index contributed by atoms with van der Waals surface area (Å²) in [6, 6.07) is 0.686. The Balaban J connectivity index is 0.000000303. The second-order valence-electron chi connectivity index (χ2n) is 6.23. The number of ether oxygens (including phenoxy) is 1.